The van der Waals surface area contributed by atoms with Crippen LogP contribution in [0.4, 0.5) is 11.4 Å². The third-order valence-electron chi connectivity index (χ3n) is 8.33. The lowest BCUT2D eigenvalue weighted by Gasteiger charge is -2.19. The largest absolute Gasteiger partial charge is 0.480 e. The van der Waals surface area contributed by atoms with Crippen LogP contribution in [0.2, 0.25) is 10.0 Å². The molecule has 0 bridgehead atoms. The number of β-amino-alcohol motifs (C(OH)–C–C–N with tert-alkyl or cyclic N) is 2. The Hall–Kier alpha value is -4.00. The molecule has 2 aliphatic heterocycles. The summed E-state index contributed by atoms with van der Waals surface area (Å²) in [7, 11) is 0. The Bertz CT molecular complexity index is 1820. The van der Waals surface area contributed by atoms with E-state index in [-0.39, 0.29) is 70.5 Å². The van der Waals surface area contributed by atoms with Gasteiger partial charge in [-0.2, -0.15) is 0 Å². The molecule has 262 valence electrons. The van der Waals surface area contributed by atoms with Gasteiger partial charge in [0.15, 0.2) is 10.0 Å². The van der Waals surface area contributed by atoms with E-state index in [9.17, 15) is 39.6 Å². The van der Waals surface area contributed by atoms with E-state index < -0.39 is 48.0 Å². The minimum Gasteiger partial charge on any atom is -0.480 e. The van der Waals surface area contributed by atoms with Crippen molar-refractivity contribution in [3.63, 3.8) is 0 Å². The highest BCUT2D eigenvalue weighted by molar-refractivity contribution is 7.14. The van der Waals surface area contributed by atoms with Gasteiger partial charge in [0.05, 0.1) is 33.6 Å². The van der Waals surface area contributed by atoms with Crippen molar-refractivity contribution in [2.24, 2.45) is 0 Å². The SMILES string of the molecule is O=C(Nc1cccc(-c2cccc(NC(=O)c3ncc(CN4CC(O)CC4C(=O)O)s3)c2Cl)c1Cl)c1ncc(CN2CC(O)CC2C(=O)O)s1. The average Bonchev–Trinajstić information content (AvgIpc) is 3.87. The molecule has 4 heterocycles. The van der Waals surface area contributed by atoms with E-state index in [4.69, 9.17) is 23.2 Å². The van der Waals surface area contributed by atoms with Gasteiger partial charge in [0.1, 0.15) is 12.1 Å². The van der Waals surface area contributed by atoms with Gasteiger partial charge in [-0.15, -0.1) is 22.7 Å². The molecule has 0 spiro atoms. The number of carboxylic acid groups (broad SMARTS) is 2. The quantitative estimate of drug-likeness (QED) is 0.128. The number of aromatic nitrogens is 2. The average molecular weight is 762 g/mol. The van der Waals surface area contributed by atoms with Crippen molar-refractivity contribution in [3.05, 3.63) is 78.6 Å². The molecule has 4 aromatic rings. The van der Waals surface area contributed by atoms with E-state index in [2.05, 4.69) is 20.6 Å². The molecule has 6 rings (SSSR count). The molecule has 2 aromatic heterocycles. The first-order chi connectivity index (χ1) is 23.9. The van der Waals surface area contributed by atoms with Crippen molar-refractivity contribution in [2.45, 2.75) is 50.2 Å². The Kier molecular flexibility index (Phi) is 10.8. The second-order valence-electron chi connectivity index (χ2n) is 11.9. The summed E-state index contributed by atoms with van der Waals surface area (Å²) >= 11 is 15.7. The van der Waals surface area contributed by atoms with Crippen LogP contribution in [0, 0.1) is 0 Å². The van der Waals surface area contributed by atoms with Crippen LogP contribution in [-0.4, -0.2) is 101 Å². The molecule has 4 unspecified atom stereocenters. The maximum atomic E-state index is 13.1. The molecule has 18 heteroatoms. The summed E-state index contributed by atoms with van der Waals surface area (Å²) in [6.07, 6.45) is 1.79. The van der Waals surface area contributed by atoms with Gasteiger partial charge in [0.25, 0.3) is 11.8 Å². The number of anilines is 2. The monoisotopic (exact) mass is 760 g/mol. The Balaban J connectivity index is 1.12. The van der Waals surface area contributed by atoms with Crippen LogP contribution in [0.1, 0.15) is 42.2 Å². The highest BCUT2D eigenvalue weighted by atomic mass is 35.5. The number of aliphatic hydroxyl groups excluding tert-OH is 2. The Morgan fingerprint density at radius 2 is 1.12 bits per heavy atom. The molecule has 0 saturated carbocycles. The van der Waals surface area contributed by atoms with E-state index in [1.165, 1.54) is 12.4 Å². The number of hydrogen-bond acceptors (Lipinski definition) is 12. The number of thiazole rings is 2. The summed E-state index contributed by atoms with van der Waals surface area (Å²) in [5.41, 5.74) is 1.54. The lowest BCUT2D eigenvalue weighted by atomic mass is 10.0. The summed E-state index contributed by atoms with van der Waals surface area (Å²) < 4.78 is 0. The van der Waals surface area contributed by atoms with Gasteiger partial charge in [0.2, 0.25) is 0 Å². The Morgan fingerprint density at radius 3 is 1.50 bits per heavy atom. The maximum Gasteiger partial charge on any atom is 0.321 e. The van der Waals surface area contributed by atoms with E-state index in [1.54, 1.807) is 46.2 Å². The van der Waals surface area contributed by atoms with Gasteiger partial charge in [-0.05, 0) is 12.1 Å². The fourth-order valence-corrected chi connectivity index (χ4v) is 8.23. The van der Waals surface area contributed by atoms with Crippen LogP contribution in [-0.2, 0) is 22.7 Å². The number of aliphatic carboxylic acids is 2. The van der Waals surface area contributed by atoms with Crippen molar-refractivity contribution in [1.29, 1.82) is 0 Å². The van der Waals surface area contributed by atoms with Gasteiger partial charge in [-0.3, -0.25) is 29.0 Å². The zero-order valence-corrected chi connectivity index (χ0v) is 29.1. The molecular formula is C32H30Cl2N6O8S2. The maximum absolute atomic E-state index is 13.1. The predicted molar refractivity (Wildman–Crippen MR) is 187 cm³/mol. The molecule has 2 aromatic carbocycles. The number of hydrogen-bond donors (Lipinski definition) is 6. The van der Waals surface area contributed by atoms with Crippen LogP contribution in [0.15, 0.2) is 48.8 Å². The number of aliphatic hydroxyl groups is 2. The van der Waals surface area contributed by atoms with Crippen LogP contribution in [0.25, 0.3) is 11.1 Å². The lowest BCUT2D eigenvalue weighted by Crippen LogP contribution is -2.35. The second kappa shape index (κ2) is 15.1. The summed E-state index contributed by atoms with van der Waals surface area (Å²) in [5.74, 6) is -3.08. The molecule has 2 aliphatic rings. The zero-order chi connectivity index (χ0) is 35.7. The number of carboxylic acids is 2. The molecule has 0 radical (unpaired) electrons. The first-order valence-electron chi connectivity index (χ1n) is 15.3. The van der Waals surface area contributed by atoms with Crippen LogP contribution >= 0.6 is 45.9 Å². The number of likely N-dealkylation sites (tertiary alicyclic amines) is 2. The topological polar surface area (TPSA) is 206 Å². The van der Waals surface area contributed by atoms with Crippen molar-refractivity contribution >= 4 is 81.0 Å². The minimum absolute atomic E-state index is 0.131. The predicted octanol–water partition coefficient (Wildman–Crippen LogP) is 4.12. The van der Waals surface area contributed by atoms with Crippen molar-refractivity contribution in [1.82, 2.24) is 19.8 Å². The molecular weight excluding hydrogens is 731 g/mol. The van der Waals surface area contributed by atoms with Gasteiger partial charge in [-0.25, -0.2) is 9.97 Å². The summed E-state index contributed by atoms with van der Waals surface area (Å²) in [4.78, 5) is 62.4. The number of halogens is 2. The lowest BCUT2D eigenvalue weighted by molar-refractivity contribution is -0.143. The second-order valence-corrected chi connectivity index (χ2v) is 14.8. The molecule has 0 aliphatic carbocycles. The van der Waals surface area contributed by atoms with E-state index in [0.29, 0.717) is 20.9 Å². The summed E-state index contributed by atoms with van der Waals surface area (Å²) in [5, 5.41) is 45.0. The molecule has 50 heavy (non-hydrogen) atoms. The first-order valence-corrected chi connectivity index (χ1v) is 17.7. The number of carbonyl (C=O) groups excluding carboxylic acids is 2. The number of amides is 2. The number of benzene rings is 2. The number of rotatable bonds is 11. The molecule has 2 amide bonds. The van der Waals surface area contributed by atoms with Crippen molar-refractivity contribution in [3.8, 4) is 11.1 Å². The highest BCUT2D eigenvalue weighted by Gasteiger charge is 2.37. The first kappa shape index (κ1) is 35.8. The van der Waals surface area contributed by atoms with Gasteiger partial charge in [0, 0.05) is 72.3 Å². The minimum atomic E-state index is -1.02. The zero-order valence-electron chi connectivity index (χ0n) is 26.0. The summed E-state index contributed by atoms with van der Waals surface area (Å²) in [6.45, 7) is 0.863. The van der Waals surface area contributed by atoms with Gasteiger partial charge < -0.3 is 31.1 Å². The highest BCUT2D eigenvalue weighted by Crippen LogP contribution is 2.40. The molecule has 2 fully saturated rings. The van der Waals surface area contributed by atoms with Crippen molar-refractivity contribution < 1.29 is 39.6 Å². The third-order valence-corrected chi connectivity index (χ3v) is 11.1. The smallest absolute Gasteiger partial charge is 0.321 e. The fraction of sp³-hybridized carbons (Fsp3) is 0.312. The van der Waals surface area contributed by atoms with E-state index in [1.807, 2.05) is 0 Å². The molecule has 6 N–H and O–H groups in total. The van der Waals surface area contributed by atoms with E-state index in [0.717, 1.165) is 22.7 Å². The Labute approximate surface area is 302 Å². The van der Waals surface area contributed by atoms with Gasteiger partial charge in [-0.1, -0.05) is 47.5 Å². The summed E-state index contributed by atoms with van der Waals surface area (Å²) in [6, 6.07) is 8.38. The van der Waals surface area contributed by atoms with Gasteiger partial charge >= 0.3 is 11.9 Å². The van der Waals surface area contributed by atoms with Crippen LogP contribution in [0.5, 0.6) is 0 Å². The fourth-order valence-electron chi connectivity index (χ4n) is 6.02. The Morgan fingerprint density at radius 1 is 0.720 bits per heavy atom. The van der Waals surface area contributed by atoms with Crippen LogP contribution in [0.3, 0.4) is 0 Å². The normalized spacial score (nSPS) is 21.0. The number of carbonyl (C=O) groups is 4. The van der Waals surface area contributed by atoms with E-state index >= 15 is 0 Å². The molecule has 14 nitrogen and oxygen atoms in total. The van der Waals surface area contributed by atoms with Crippen LogP contribution < -0.4 is 10.6 Å². The standard InChI is InChI=1S/C32H30Cl2N6O8S2/c33-25-19(3-1-5-21(25)37-27(43)29-35-9-17(49-29)13-39-11-15(41)7-23(39)31(45)46)20-4-2-6-22(26(20)34)38-28(44)30-36-10-18(50-30)14-40-12-16(42)8-24(40)32(47)48/h1-6,9-10,15-16,23-24,41-42H,7-8,11-14H2,(H,37,43)(H,38,44)(H,45,46)(H,47,48). The molecule has 4 atom stereocenters. The third kappa shape index (κ3) is 7.82. The molecule has 2 saturated heterocycles. The van der Waals surface area contributed by atoms with Crippen molar-refractivity contribution in [2.75, 3.05) is 23.7 Å². The number of nitrogens with zero attached hydrogens (tertiary/aromatic N) is 4. The number of nitrogens with one attached hydrogen (secondary N) is 2.